The Kier molecular flexibility index (Phi) is 9.42. The molecule has 0 fully saturated rings. The number of hydrogen-bond acceptors (Lipinski definition) is 4. The maximum Gasteiger partial charge on any atom is 0.259 e. The van der Waals surface area contributed by atoms with Crippen LogP contribution in [0.25, 0.3) is 11.1 Å². The first-order valence-corrected chi connectivity index (χ1v) is 14.2. The summed E-state index contributed by atoms with van der Waals surface area (Å²) in [5.74, 6) is -0.210. The fourth-order valence-corrected chi connectivity index (χ4v) is 5.59. The molecule has 6 nitrogen and oxygen atoms in total. The van der Waals surface area contributed by atoms with Crippen LogP contribution in [0.1, 0.15) is 67.3 Å². The van der Waals surface area contributed by atoms with Crippen LogP contribution in [0, 0.1) is 0 Å². The van der Waals surface area contributed by atoms with E-state index >= 15 is 0 Å². The number of aliphatic hydroxyl groups excluding tert-OH is 1. The van der Waals surface area contributed by atoms with E-state index in [1.165, 1.54) is 0 Å². The van der Waals surface area contributed by atoms with Gasteiger partial charge >= 0.3 is 0 Å². The van der Waals surface area contributed by atoms with Crippen LogP contribution in [0.3, 0.4) is 0 Å². The van der Waals surface area contributed by atoms with Gasteiger partial charge in [-0.3, -0.25) is 4.79 Å². The zero-order valence-corrected chi connectivity index (χ0v) is 23.5. The number of rotatable bonds is 9. The van der Waals surface area contributed by atoms with E-state index in [4.69, 9.17) is 5.14 Å². The Hall–Kier alpha value is -2.84. The normalized spacial score (nSPS) is 13.3. The van der Waals surface area contributed by atoms with Crippen LogP contribution in [-0.2, 0) is 34.3 Å². The Morgan fingerprint density at radius 3 is 2.05 bits per heavy atom. The van der Waals surface area contributed by atoms with Crippen LogP contribution in [-0.4, -0.2) is 34.2 Å². The largest absolute Gasteiger partial charge is 0.392 e. The van der Waals surface area contributed by atoms with Gasteiger partial charge < -0.3 is 10.0 Å². The van der Waals surface area contributed by atoms with E-state index in [-0.39, 0.29) is 24.9 Å². The van der Waals surface area contributed by atoms with E-state index < -0.39 is 15.8 Å². The quantitative estimate of drug-likeness (QED) is 0.382. The fourth-order valence-electron chi connectivity index (χ4n) is 4.59. The molecule has 1 atom stereocenters. The van der Waals surface area contributed by atoms with Gasteiger partial charge in [-0.2, -0.15) is 0 Å². The predicted octanol–water partition coefficient (Wildman–Crippen LogP) is 5.62. The number of aliphatic hydroxyl groups is 1. The highest BCUT2D eigenvalue weighted by Gasteiger charge is 2.21. The maximum atomic E-state index is 13.2. The average Bonchev–Trinajstić information content (AvgIpc) is 2.83. The maximum absolute atomic E-state index is 13.2. The van der Waals surface area contributed by atoms with Gasteiger partial charge in [-0.25, -0.2) is 9.35 Å². The standard InChI is InChI=1S/C30H39N3O3S/c1-20(2)27-15-24(26-10-8-7-9-23(26)19-34)16-28(21(3)4)29(27)17-30(35)32-37(31,36)25-13-11-22(12-14-25)18-33(5)6/h7-16,20-21,34H,17-19H2,1-6H3,(H2,31,32,35,36). The molecule has 3 aromatic carbocycles. The smallest absolute Gasteiger partial charge is 0.259 e. The Morgan fingerprint density at radius 2 is 1.54 bits per heavy atom. The first kappa shape index (κ1) is 28.7. The molecule has 1 unspecified atom stereocenters. The summed E-state index contributed by atoms with van der Waals surface area (Å²) in [6, 6.07) is 19.1. The summed E-state index contributed by atoms with van der Waals surface area (Å²) in [4.78, 5) is 15.5. The number of nitrogens with two attached hydrogens (primary N) is 1. The molecule has 0 aliphatic carbocycles. The van der Waals surface area contributed by atoms with Gasteiger partial charge in [0.25, 0.3) is 5.91 Å². The van der Waals surface area contributed by atoms with E-state index in [0.29, 0.717) is 4.90 Å². The van der Waals surface area contributed by atoms with Crippen LogP contribution in [0.15, 0.2) is 69.9 Å². The molecular formula is C30H39N3O3S. The molecule has 0 saturated heterocycles. The molecule has 0 saturated carbocycles. The van der Waals surface area contributed by atoms with Crippen LogP contribution in [0.4, 0.5) is 0 Å². The Labute approximate surface area is 221 Å². The van der Waals surface area contributed by atoms with Crippen molar-refractivity contribution < 1.29 is 14.1 Å². The molecule has 0 heterocycles. The van der Waals surface area contributed by atoms with Crippen molar-refractivity contribution in [1.82, 2.24) is 4.90 Å². The minimum absolute atomic E-state index is 0.0237. The number of carbonyl (C=O) groups is 1. The minimum Gasteiger partial charge on any atom is -0.392 e. The first-order chi connectivity index (χ1) is 17.4. The second-order valence-electron chi connectivity index (χ2n) is 10.4. The predicted molar refractivity (Wildman–Crippen MR) is 152 cm³/mol. The van der Waals surface area contributed by atoms with Crippen LogP contribution in [0.2, 0.25) is 0 Å². The van der Waals surface area contributed by atoms with E-state index in [2.05, 4.69) is 44.2 Å². The highest BCUT2D eigenvalue weighted by atomic mass is 32.2. The summed E-state index contributed by atoms with van der Waals surface area (Å²) in [5, 5.41) is 15.9. The molecular weight excluding hydrogens is 482 g/mol. The second-order valence-corrected chi connectivity index (χ2v) is 12.2. The highest BCUT2D eigenvalue weighted by molar-refractivity contribution is 7.91. The van der Waals surface area contributed by atoms with Crippen molar-refractivity contribution in [2.75, 3.05) is 14.1 Å². The van der Waals surface area contributed by atoms with Crippen molar-refractivity contribution in [2.45, 2.75) is 64.0 Å². The lowest BCUT2D eigenvalue weighted by molar-refractivity contribution is -0.117. The van der Waals surface area contributed by atoms with Crippen LogP contribution in [0.5, 0.6) is 0 Å². The third kappa shape index (κ3) is 7.14. The summed E-state index contributed by atoms with van der Waals surface area (Å²) in [7, 11) is 0.583. The lowest BCUT2D eigenvalue weighted by atomic mass is 9.83. The molecule has 0 aromatic heterocycles. The van der Waals surface area contributed by atoms with E-state index in [9.17, 15) is 14.1 Å². The molecule has 198 valence electrons. The molecule has 0 spiro atoms. The lowest BCUT2D eigenvalue weighted by Crippen LogP contribution is -2.17. The summed E-state index contributed by atoms with van der Waals surface area (Å²) in [5.41, 5.74) is 6.86. The van der Waals surface area contributed by atoms with Gasteiger partial charge in [-0.15, -0.1) is 4.36 Å². The van der Waals surface area contributed by atoms with Crippen LogP contribution < -0.4 is 5.14 Å². The molecule has 0 bridgehead atoms. The van der Waals surface area contributed by atoms with Crippen molar-refractivity contribution in [2.24, 2.45) is 9.50 Å². The van der Waals surface area contributed by atoms with Crippen LogP contribution >= 0.6 is 0 Å². The van der Waals surface area contributed by atoms with Gasteiger partial charge in [-0.05, 0) is 77.0 Å². The number of carbonyl (C=O) groups excluding carboxylic acids is 1. The SMILES string of the molecule is CC(C)c1cc(-c2ccccc2CO)cc(C(C)C)c1CC(=O)N=S(N)(=O)c1ccc(CN(C)C)cc1. The topological polar surface area (TPSA) is 96.0 Å². The van der Waals surface area contributed by atoms with E-state index in [1.807, 2.05) is 55.4 Å². The number of benzene rings is 3. The molecule has 1 amide bonds. The molecule has 3 aromatic rings. The molecule has 0 aliphatic heterocycles. The van der Waals surface area contributed by atoms with E-state index in [1.54, 1.807) is 12.1 Å². The minimum atomic E-state index is -3.37. The molecule has 3 N–H and O–H groups in total. The van der Waals surface area contributed by atoms with Gasteiger partial charge in [0.05, 0.1) is 17.9 Å². The van der Waals surface area contributed by atoms with Crippen molar-refractivity contribution in [3.05, 3.63) is 88.5 Å². The van der Waals surface area contributed by atoms with Crippen molar-refractivity contribution in [1.29, 1.82) is 0 Å². The summed E-state index contributed by atoms with van der Waals surface area (Å²) in [6.45, 7) is 9.06. The zero-order valence-electron chi connectivity index (χ0n) is 22.7. The third-order valence-electron chi connectivity index (χ3n) is 6.39. The summed E-state index contributed by atoms with van der Waals surface area (Å²) in [6.07, 6.45) is 0.0237. The van der Waals surface area contributed by atoms with Gasteiger partial charge in [0, 0.05) is 6.54 Å². The third-order valence-corrected chi connectivity index (χ3v) is 7.81. The number of nitrogens with zero attached hydrogens (tertiary/aromatic N) is 2. The zero-order chi connectivity index (χ0) is 27.3. The van der Waals surface area contributed by atoms with Crippen molar-refractivity contribution in [3.8, 4) is 11.1 Å². The number of hydrogen-bond donors (Lipinski definition) is 2. The van der Waals surface area contributed by atoms with E-state index in [0.717, 1.165) is 45.5 Å². The van der Waals surface area contributed by atoms with Gasteiger partial charge in [0.1, 0.15) is 9.92 Å². The average molecular weight is 522 g/mol. The molecule has 3 rings (SSSR count). The lowest BCUT2D eigenvalue weighted by Gasteiger charge is -2.22. The monoisotopic (exact) mass is 521 g/mol. The van der Waals surface area contributed by atoms with Gasteiger partial charge in [0.15, 0.2) is 0 Å². The fraction of sp³-hybridized carbons (Fsp3) is 0.367. The summed E-state index contributed by atoms with van der Waals surface area (Å²) >= 11 is 0. The first-order valence-electron chi connectivity index (χ1n) is 12.6. The van der Waals surface area contributed by atoms with Crippen molar-refractivity contribution in [3.63, 3.8) is 0 Å². The number of amides is 1. The molecule has 0 aliphatic rings. The summed E-state index contributed by atoms with van der Waals surface area (Å²) < 4.78 is 17.2. The Bertz CT molecular complexity index is 1340. The molecule has 37 heavy (non-hydrogen) atoms. The molecule has 7 heteroatoms. The van der Waals surface area contributed by atoms with Crippen molar-refractivity contribution >= 4 is 15.8 Å². The van der Waals surface area contributed by atoms with Gasteiger partial charge in [-0.1, -0.05) is 76.2 Å². The highest BCUT2D eigenvalue weighted by Crippen LogP contribution is 2.35. The Morgan fingerprint density at radius 1 is 0.973 bits per heavy atom. The van der Waals surface area contributed by atoms with Gasteiger partial charge in [0.2, 0.25) is 0 Å². The Balaban J connectivity index is 2.02. The second kappa shape index (κ2) is 12.1. The molecule has 0 radical (unpaired) electrons.